The summed E-state index contributed by atoms with van der Waals surface area (Å²) in [5.41, 5.74) is -1.05. The molecule has 0 aliphatic carbocycles. The second kappa shape index (κ2) is 5.08. The Morgan fingerprint density at radius 3 is 2.60 bits per heavy atom. The van der Waals surface area contributed by atoms with E-state index in [2.05, 4.69) is 10.1 Å². The molecule has 0 fully saturated rings. The Morgan fingerprint density at radius 1 is 1.40 bits per heavy atom. The number of hydrogen-bond donors (Lipinski definition) is 0. The first-order valence-electron chi connectivity index (χ1n) is 5.16. The minimum atomic E-state index is -4.53. The van der Waals surface area contributed by atoms with Crippen molar-refractivity contribution in [2.45, 2.75) is 12.7 Å². The summed E-state index contributed by atoms with van der Waals surface area (Å²) in [6, 6.07) is 0.752. The predicted octanol–water partition coefficient (Wildman–Crippen LogP) is 2.91. The number of aromatic nitrogens is 3. The monoisotopic (exact) mass is 306 g/mol. The zero-order valence-corrected chi connectivity index (χ0v) is 10.4. The molecule has 2 heterocycles. The van der Waals surface area contributed by atoms with Gasteiger partial charge in [-0.15, -0.1) is 0 Å². The molecule has 20 heavy (non-hydrogen) atoms. The molecule has 0 atom stereocenters. The van der Waals surface area contributed by atoms with E-state index < -0.39 is 16.7 Å². The van der Waals surface area contributed by atoms with Crippen LogP contribution in [0.1, 0.15) is 11.3 Å². The molecule has 0 aromatic carbocycles. The van der Waals surface area contributed by atoms with Gasteiger partial charge in [-0.25, -0.2) is 0 Å². The van der Waals surface area contributed by atoms with Crippen LogP contribution in [0.15, 0.2) is 24.7 Å². The normalized spacial score (nSPS) is 11.6. The van der Waals surface area contributed by atoms with Crippen LogP contribution in [0.25, 0.3) is 0 Å². The zero-order chi connectivity index (χ0) is 14.9. The Kier molecular flexibility index (Phi) is 3.62. The van der Waals surface area contributed by atoms with Gasteiger partial charge in [-0.3, -0.25) is 19.8 Å². The van der Waals surface area contributed by atoms with Crippen LogP contribution < -0.4 is 0 Å². The second-order valence-electron chi connectivity index (χ2n) is 3.80. The van der Waals surface area contributed by atoms with Crippen LogP contribution in [0.5, 0.6) is 0 Å². The number of hydrogen-bond acceptors (Lipinski definition) is 4. The molecule has 0 saturated heterocycles. The Hall–Kier alpha value is -2.16. The summed E-state index contributed by atoms with van der Waals surface area (Å²) in [7, 11) is 0. The maximum absolute atomic E-state index is 12.4. The van der Waals surface area contributed by atoms with Crippen molar-refractivity contribution in [1.82, 2.24) is 14.8 Å². The van der Waals surface area contributed by atoms with E-state index in [-0.39, 0.29) is 22.9 Å². The lowest BCUT2D eigenvalue weighted by Crippen LogP contribution is -2.08. The average Bonchev–Trinajstić information content (AvgIpc) is 2.79. The smallest absolute Gasteiger partial charge is 0.260 e. The molecule has 106 valence electrons. The van der Waals surface area contributed by atoms with Crippen molar-refractivity contribution in [1.29, 1.82) is 0 Å². The second-order valence-corrected chi connectivity index (χ2v) is 4.21. The van der Waals surface area contributed by atoms with E-state index in [0.717, 1.165) is 18.5 Å². The van der Waals surface area contributed by atoms with E-state index in [0.29, 0.717) is 6.20 Å². The van der Waals surface area contributed by atoms with E-state index in [1.165, 1.54) is 4.68 Å². The fourth-order valence-electron chi connectivity index (χ4n) is 1.42. The van der Waals surface area contributed by atoms with Crippen molar-refractivity contribution < 1.29 is 18.1 Å². The minimum Gasteiger partial charge on any atom is -0.260 e. The summed E-state index contributed by atoms with van der Waals surface area (Å²) in [5.74, 6) is 0. The van der Waals surface area contributed by atoms with Gasteiger partial charge >= 0.3 is 11.9 Å². The lowest BCUT2D eigenvalue weighted by molar-refractivity contribution is -0.385. The van der Waals surface area contributed by atoms with Gasteiger partial charge in [-0.05, 0) is 6.07 Å². The van der Waals surface area contributed by atoms with Crippen molar-refractivity contribution >= 4 is 17.3 Å². The highest BCUT2D eigenvalue weighted by atomic mass is 35.5. The van der Waals surface area contributed by atoms with Crippen molar-refractivity contribution in [2.24, 2.45) is 0 Å². The number of halogens is 4. The van der Waals surface area contributed by atoms with Gasteiger partial charge < -0.3 is 0 Å². The molecule has 2 aromatic heterocycles. The molecule has 2 rings (SSSR count). The molecular weight excluding hydrogens is 301 g/mol. The van der Waals surface area contributed by atoms with E-state index in [1.54, 1.807) is 0 Å². The number of nitrogens with zero attached hydrogens (tertiary/aromatic N) is 4. The SMILES string of the molecule is O=[N+]([O-])c1cnn(Cc2ncc(C(F)(F)F)cc2Cl)c1. The van der Waals surface area contributed by atoms with Gasteiger partial charge in [-0.2, -0.15) is 18.3 Å². The number of alkyl halides is 3. The first kappa shape index (κ1) is 14.3. The Bertz CT molecular complexity index is 656. The molecule has 0 aliphatic heterocycles. The van der Waals surface area contributed by atoms with Gasteiger partial charge in [0.15, 0.2) is 0 Å². The predicted molar refractivity (Wildman–Crippen MR) is 62.2 cm³/mol. The van der Waals surface area contributed by atoms with Gasteiger partial charge in [0.1, 0.15) is 12.4 Å². The van der Waals surface area contributed by atoms with Crippen LogP contribution >= 0.6 is 11.6 Å². The van der Waals surface area contributed by atoms with Crippen LogP contribution in [-0.4, -0.2) is 19.7 Å². The van der Waals surface area contributed by atoms with Crippen molar-refractivity contribution in [2.75, 3.05) is 0 Å². The first-order chi connectivity index (χ1) is 9.27. The van der Waals surface area contributed by atoms with Crippen LogP contribution in [-0.2, 0) is 12.7 Å². The molecule has 0 N–H and O–H groups in total. The van der Waals surface area contributed by atoms with Gasteiger partial charge in [0, 0.05) is 6.20 Å². The third-order valence-corrected chi connectivity index (χ3v) is 2.71. The van der Waals surface area contributed by atoms with Gasteiger partial charge in [0.25, 0.3) is 0 Å². The Labute approximate surface area is 114 Å². The highest BCUT2D eigenvalue weighted by molar-refractivity contribution is 6.31. The highest BCUT2D eigenvalue weighted by Crippen LogP contribution is 2.31. The molecule has 0 radical (unpaired) electrons. The topological polar surface area (TPSA) is 73.8 Å². The largest absolute Gasteiger partial charge is 0.417 e. The zero-order valence-electron chi connectivity index (χ0n) is 9.63. The number of rotatable bonds is 3. The van der Waals surface area contributed by atoms with Gasteiger partial charge in [-0.1, -0.05) is 11.6 Å². The molecule has 0 aliphatic rings. The lowest BCUT2D eigenvalue weighted by Gasteiger charge is -2.08. The van der Waals surface area contributed by atoms with Crippen molar-refractivity contribution in [3.05, 3.63) is 51.1 Å². The fraction of sp³-hybridized carbons (Fsp3) is 0.200. The molecule has 0 saturated carbocycles. The van der Waals surface area contributed by atoms with Crippen LogP contribution in [0.4, 0.5) is 18.9 Å². The fourth-order valence-corrected chi connectivity index (χ4v) is 1.65. The van der Waals surface area contributed by atoms with Gasteiger partial charge in [0.2, 0.25) is 0 Å². The summed E-state index contributed by atoms with van der Waals surface area (Å²) < 4.78 is 38.4. The number of nitro groups is 1. The standard InChI is InChI=1S/C10H6ClF3N4O2/c11-8-1-6(10(12,13)14)2-15-9(8)5-17-4-7(3-16-17)18(19)20/h1-4H,5H2. The molecule has 0 unspecified atom stereocenters. The van der Waals surface area contributed by atoms with Crippen molar-refractivity contribution in [3.8, 4) is 0 Å². The van der Waals surface area contributed by atoms with Crippen molar-refractivity contribution in [3.63, 3.8) is 0 Å². The summed E-state index contributed by atoms with van der Waals surface area (Å²) in [6.45, 7) is -0.0647. The maximum atomic E-state index is 12.4. The Morgan fingerprint density at radius 2 is 2.10 bits per heavy atom. The molecule has 0 amide bonds. The van der Waals surface area contributed by atoms with Crippen LogP contribution in [0.3, 0.4) is 0 Å². The molecule has 2 aromatic rings. The van der Waals surface area contributed by atoms with E-state index in [4.69, 9.17) is 11.6 Å². The third-order valence-electron chi connectivity index (χ3n) is 2.39. The quantitative estimate of drug-likeness (QED) is 0.645. The molecule has 0 spiro atoms. The summed E-state index contributed by atoms with van der Waals surface area (Å²) in [6.07, 6.45) is -1.72. The molecule has 10 heteroatoms. The Balaban J connectivity index is 2.23. The number of pyridine rings is 1. The van der Waals surface area contributed by atoms with E-state index in [1.807, 2.05) is 0 Å². The lowest BCUT2D eigenvalue weighted by atomic mass is 10.2. The molecule has 0 bridgehead atoms. The maximum Gasteiger partial charge on any atom is 0.417 e. The minimum absolute atomic E-state index is 0.0647. The molecule has 6 nitrogen and oxygen atoms in total. The average molecular weight is 307 g/mol. The highest BCUT2D eigenvalue weighted by Gasteiger charge is 2.31. The summed E-state index contributed by atoms with van der Waals surface area (Å²) in [5, 5.41) is 14.0. The summed E-state index contributed by atoms with van der Waals surface area (Å²) in [4.78, 5) is 13.5. The summed E-state index contributed by atoms with van der Waals surface area (Å²) >= 11 is 5.72. The van der Waals surface area contributed by atoms with E-state index >= 15 is 0 Å². The third kappa shape index (κ3) is 3.05. The van der Waals surface area contributed by atoms with Gasteiger partial charge in [0.05, 0.1) is 27.7 Å². The van der Waals surface area contributed by atoms with Crippen LogP contribution in [0, 0.1) is 10.1 Å². The van der Waals surface area contributed by atoms with Crippen LogP contribution in [0.2, 0.25) is 5.02 Å². The van der Waals surface area contributed by atoms with E-state index in [9.17, 15) is 23.3 Å². The first-order valence-corrected chi connectivity index (χ1v) is 5.53. The molecular formula is C10H6ClF3N4O2.